The molecule has 0 aromatic heterocycles. The van der Waals surface area contributed by atoms with E-state index in [9.17, 15) is 0 Å². The molecule has 0 N–H and O–H groups in total. The first-order valence-electron chi connectivity index (χ1n) is 6.12. The molecule has 2 rings (SSSR count). The van der Waals surface area contributed by atoms with E-state index in [0.717, 1.165) is 5.56 Å². The van der Waals surface area contributed by atoms with E-state index in [1.807, 2.05) is 24.3 Å². The summed E-state index contributed by atoms with van der Waals surface area (Å²) in [6.07, 6.45) is 0. The van der Waals surface area contributed by atoms with Gasteiger partial charge in [0, 0.05) is 0 Å². The van der Waals surface area contributed by atoms with E-state index in [1.165, 1.54) is 11.1 Å². The average Bonchev–Trinajstić information content (AvgIpc) is 2.38. The summed E-state index contributed by atoms with van der Waals surface area (Å²) in [7, 11) is 0. The molecule has 2 aromatic carbocycles. The standard InChI is InChI=1S/C17H17N/c1-17(2,3)16-9-5-8-15(11-16)14-7-4-6-13(10-14)12-18/h4-11H,1-3H3. The molecule has 1 heteroatoms. The molecule has 0 fully saturated rings. The van der Waals surface area contributed by atoms with Crippen LogP contribution in [0.3, 0.4) is 0 Å². The van der Waals surface area contributed by atoms with Crippen molar-refractivity contribution in [2.24, 2.45) is 0 Å². The van der Waals surface area contributed by atoms with Gasteiger partial charge in [-0.25, -0.2) is 0 Å². The molecule has 0 spiro atoms. The highest BCUT2D eigenvalue weighted by Gasteiger charge is 2.13. The molecule has 0 atom stereocenters. The third kappa shape index (κ3) is 2.60. The number of hydrogen-bond donors (Lipinski definition) is 0. The zero-order valence-corrected chi connectivity index (χ0v) is 11.1. The Labute approximate surface area is 109 Å². The van der Waals surface area contributed by atoms with E-state index in [4.69, 9.17) is 5.26 Å². The van der Waals surface area contributed by atoms with Gasteiger partial charge in [0.1, 0.15) is 0 Å². The van der Waals surface area contributed by atoms with Crippen molar-refractivity contribution in [2.75, 3.05) is 0 Å². The molecule has 0 bridgehead atoms. The molecule has 90 valence electrons. The number of benzene rings is 2. The highest BCUT2D eigenvalue weighted by atomic mass is 14.2. The molecule has 0 saturated carbocycles. The zero-order chi connectivity index (χ0) is 13.2. The summed E-state index contributed by atoms with van der Waals surface area (Å²) >= 11 is 0. The highest BCUT2D eigenvalue weighted by molar-refractivity contribution is 5.66. The fourth-order valence-corrected chi connectivity index (χ4v) is 1.93. The first-order chi connectivity index (χ1) is 8.50. The van der Waals surface area contributed by atoms with Gasteiger partial charge >= 0.3 is 0 Å². The van der Waals surface area contributed by atoms with Crippen molar-refractivity contribution in [3.63, 3.8) is 0 Å². The number of nitrogens with zero attached hydrogens (tertiary/aromatic N) is 1. The Balaban J connectivity index is 2.48. The van der Waals surface area contributed by atoms with Crippen molar-refractivity contribution in [3.8, 4) is 17.2 Å². The molecule has 0 unspecified atom stereocenters. The van der Waals surface area contributed by atoms with Gasteiger partial charge in [-0.05, 0) is 34.2 Å². The van der Waals surface area contributed by atoms with Gasteiger partial charge in [0.05, 0.1) is 11.6 Å². The van der Waals surface area contributed by atoms with E-state index < -0.39 is 0 Å². The lowest BCUT2D eigenvalue weighted by molar-refractivity contribution is 0.590. The second-order valence-corrected chi connectivity index (χ2v) is 5.52. The van der Waals surface area contributed by atoms with E-state index in [-0.39, 0.29) is 5.41 Å². The third-order valence-corrected chi connectivity index (χ3v) is 3.05. The van der Waals surface area contributed by atoms with Crippen LogP contribution in [0, 0.1) is 11.3 Å². The van der Waals surface area contributed by atoms with Gasteiger partial charge in [0.15, 0.2) is 0 Å². The van der Waals surface area contributed by atoms with Crippen LogP contribution >= 0.6 is 0 Å². The quantitative estimate of drug-likeness (QED) is 0.712. The lowest BCUT2D eigenvalue weighted by Crippen LogP contribution is -2.10. The lowest BCUT2D eigenvalue weighted by atomic mass is 9.85. The molecule has 18 heavy (non-hydrogen) atoms. The lowest BCUT2D eigenvalue weighted by Gasteiger charge is -2.19. The Morgan fingerprint density at radius 3 is 2.11 bits per heavy atom. The Kier molecular flexibility index (Phi) is 3.21. The Bertz CT molecular complexity index is 597. The van der Waals surface area contributed by atoms with Gasteiger partial charge in [-0.2, -0.15) is 5.26 Å². The Morgan fingerprint density at radius 2 is 1.50 bits per heavy atom. The first kappa shape index (κ1) is 12.4. The monoisotopic (exact) mass is 235 g/mol. The van der Waals surface area contributed by atoms with Crippen LogP contribution in [0.15, 0.2) is 48.5 Å². The molecule has 0 saturated heterocycles. The third-order valence-electron chi connectivity index (χ3n) is 3.05. The normalized spacial score (nSPS) is 11.0. The SMILES string of the molecule is CC(C)(C)c1cccc(-c2cccc(C#N)c2)c1. The van der Waals surface area contributed by atoms with Crippen LogP contribution in [0.4, 0.5) is 0 Å². The van der Waals surface area contributed by atoms with Crippen molar-refractivity contribution < 1.29 is 0 Å². The van der Waals surface area contributed by atoms with E-state index in [0.29, 0.717) is 5.56 Å². The summed E-state index contributed by atoms with van der Waals surface area (Å²) in [5, 5.41) is 8.94. The largest absolute Gasteiger partial charge is 0.192 e. The van der Waals surface area contributed by atoms with Gasteiger partial charge in [-0.3, -0.25) is 0 Å². The van der Waals surface area contributed by atoms with Crippen LogP contribution in [0.1, 0.15) is 31.9 Å². The van der Waals surface area contributed by atoms with Crippen LogP contribution in [-0.2, 0) is 5.41 Å². The minimum atomic E-state index is 0.142. The molecule has 0 aliphatic carbocycles. The summed E-state index contributed by atoms with van der Waals surface area (Å²) in [4.78, 5) is 0. The molecule has 2 aromatic rings. The fourth-order valence-electron chi connectivity index (χ4n) is 1.93. The Hall–Kier alpha value is -2.07. The number of hydrogen-bond acceptors (Lipinski definition) is 1. The van der Waals surface area contributed by atoms with Crippen LogP contribution in [0.25, 0.3) is 11.1 Å². The van der Waals surface area contributed by atoms with Gasteiger partial charge in [-0.15, -0.1) is 0 Å². The highest BCUT2D eigenvalue weighted by Crippen LogP contribution is 2.27. The summed E-state index contributed by atoms with van der Waals surface area (Å²) in [5.41, 5.74) is 4.42. The van der Waals surface area contributed by atoms with Crippen molar-refractivity contribution >= 4 is 0 Å². The maximum absolute atomic E-state index is 8.94. The number of nitriles is 1. The average molecular weight is 235 g/mol. The molecular weight excluding hydrogens is 218 g/mol. The fraction of sp³-hybridized carbons (Fsp3) is 0.235. The zero-order valence-electron chi connectivity index (χ0n) is 11.1. The van der Waals surface area contributed by atoms with E-state index in [2.05, 4.69) is 51.1 Å². The molecular formula is C17H17N. The minimum Gasteiger partial charge on any atom is -0.192 e. The summed E-state index contributed by atoms with van der Waals surface area (Å²) < 4.78 is 0. The van der Waals surface area contributed by atoms with Crippen LogP contribution < -0.4 is 0 Å². The van der Waals surface area contributed by atoms with Crippen molar-refractivity contribution in [1.29, 1.82) is 5.26 Å². The molecule has 1 nitrogen and oxygen atoms in total. The summed E-state index contributed by atoms with van der Waals surface area (Å²) in [5.74, 6) is 0. The topological polar surface area (TPSA) is 23.8 Å². The minimum absolute atomic E-state index is 0.142. The van der Waals surface area contributed by atoms with Crippen LogP contribution in [0.2, 0.25) is 0 Å². The molecule has 0 amide bonds. The maximum Gasteiger partial charge on any atom is 0.0991 e. The predicted molar refractivity (Wildman–Crippen MR) is 75.3 cm³/mol. The van der Waals surface area contributed by atoms with Gasteiger partial charge in [0.25, 0.3) is 0 Å². The summed E-state index contributed by atoms with van der Waals surface area (Å²) in [6, 6.07) is 18.4. The van der Waals surface area contributed by atoms with Gasteiger partial charge < -0.3 is 0 Å². The molecule has 0 aliphatic heterocycles. The van der Waals surface area contributed by atoms with Crippen LogP contribution in [-0.4, -0.2) is 0 Å². The van der Waals surface area contributed by atoms with E-state index in [1.54, 1.807) is 0 Å². The summed E-state index contributed by atoms with van der Waals surface area (Å²) in [6.45, 7) is 6.62. The van der Waals surface area contributed by atoms with E-state index >= 15 is 0 Å². The predicted octanol–water partition coefficient (Wildman–Crippen LogP) is 4.52. The van der Waals surface area contributed by atoms with Crippen LogP contribution in [0.5, 0.6) is 0 Å². The second kappa shape index (κ2) is 4.66. The van der Waals surface area contributed by atoms with Gasteiger partial charge in [0.2, 0.25) is 0 Å². The first-order valence-corrected chi connectivity index (χ1v) is 6.12. The van der Waals surface area contributed by atoms with Crippen molar-refractivity contribution in [2.45, 2.75) is 26.2 Å². The second-order valence-electron chi connectivity index (χ2n) is 5.52. The smallest absolute Gasteiger partial charge is 0.0991 e. The van der Waals surface area contributed by atoms with Crippen molar-refractivity contribution in [1.82, 2.24) is 0 Å². The molecule has 0 radical (unpaired) electrons. The maximum atomic E-state index is 8.94. The van der Waals surface area contributed by atoms with Crippen molar-refractivity contribution in [3.05, 3.63) is 59.7 Å². The molecule has 0 aliphatic rings. The number of rotatable bonds is 1. The van der Waals surface area contributed by atoms with Gasteiger partial charge in [-0.1, -0.05) is 57.2 Å². The Morgan fingerprint density at radius 1 is 0.889 bits per heavy atom. The molecule has 0 heterocycles.